The van der Waals surface area contributed by atoms with Crippen LogP contribution in [0.2, 0.25) is 0 Å². The Morgan fingerprint density at radius 2 is 1.77 bits per heavy atom. The van der Waals surface area contributed by atoms with Crippen molar-refractivity contribution in [1.82, 2.24) is 24.9 Å². The number of ether oxygens (including phenoxy) is 2. The summed E-state index contributed by atoms with van der Waals surface area (Å²) in [6.45, 7) is 6.50. The topological polar surface area (TPSA) is 128 Å². The Morgan fingerprint density at radius 3 is 2.45 bits per heavy atom. The van der Waals surface area contributed by atoms with Crippen LogP contribution < -0.4 is 16.0 Å². The molecule has 1 unspecified atom stereocenters. The number of nitrogens with zero attached hydrogens (tertiary/aromatic N) is 4. The molecule has 2 aliphatic rings. The van der Waals surface area contributed by atoms with Gasteiger partial charge in [-0.15, -0.1) is 0 Å². The molecule has 2 aromatic carbocycles. The number of piperidine rings is 1. The average molecular weight is 543 g/mol. The highest BCUT2D eigenvalue weighted by Gasteiger charge is 2.31. The molecule has 40 heavy (non-hydrogen) atoms. The zero-order valence-electron chi connectivity index (χ0n) is 23.0. The van der Waals surface area contributed by atoms with Gasteiger partial charge in [-0.25, -0.2) is 9.89 Å². The number of nitrogen functional groups attached to an aromatic ring is 1. The molecule has 4 aromatic rings. The predicted octanol–water partition coefficient (Wildman–Crippen LogP) is 4.49. The maximum absolute atomic E-state index is 13.0. The van der Waals surface area contributed by atoms with E-state index in [1.54, 1.807) is 9.58 Å². The smallest absolute Gasteiger partial charge is 0.410 e. The number of carbonyl (C=O) groups excluding carboxylic acids is 1. The molecular formula is C30H34N6O4. The van der Waals surface area contributed by atoms with Gasteiger partial charge in [0.1, 0.15) is 28.7 Å². The quantitative estimate of drug-likeness (QED) is 0.389. The van der Waals surface area contributed by atoms with Gasteiger partial charge in [-0.3, -0.25) is 9.48 Å². The molecular weight excluding hydrogens is 508 g/mol. The number of nitrogens with two attached hydrogens (primary N) is 1. The Hall–Kier alpha value is -4.34. The molecule has 6 rings (SSSR count). The molecule has 1 aliphatic carbocycles. The number of hydrogen-bond donors (Lipinski definition) is 2. The highest BCUT2D eigenvalue weighted by Crippen LogP contribution is 2.34. The molecule has 208 valence electrons. The summed E-state index contributed by atoms with van der Waals surface area (Å²) in [7, 11) is 0. The number of fused-ring (bicyclic) bond motifs is 2. The van der Waals surface area contributed by atoms with Gasteiger partial charge in [0, 0.05) is 31.5 Å². The summed E-state index contributed by atoms with van der Waals surface area (Å²) >= 11 is 0. The first-order chi connectivity index (χ1) is 19.2. The number of aromatic nitrogens is 4. The van der Waals surface area contributed by atoms with Crippen LogP contribution in [0.5, 0.6) is 5.75 Å². The Kier molecular flexibility index (Phi) is 6.48. The molecule has 3 N–H and O–H groups in total. The minimum absolute atomic E-state index is 0.0981. The van der Waals surface area contributed by atoms with Gasteiger partial charge in [0.2, 0.25) is 0 Å². The third kappa shape index (κ3) is 5.01. The zero-order chi connectivity index (χ0) is 28.0. The molecule has 10 nitrogen and oxygen atoms in total. The van der Waals surface area contributed by atoms with Crippen LogP contribution in [0.4, 0.5) is 10.6 Å². The summed E-state index contributed by atoms with van der Waals surface area (Å²) in [6, 6.07) is 15.9. The number of H-pyrrole nitrogens is 1. The summed E-state index contributed by atoms with van der Waals surface area (Å²) in [5, 5.41) is 11.9. The molecule has 0 saturated carbocycles. The van der Waals surface area contributed by atoms with Gasteiger partial charge in [-0.2, -0.15) is 10.2 Å². The molecule has 1 atom stereocenters. The fraction of sp³-hybridized carbons (Fsp3) is 0.400. The van der Waals surface area contributed by atoms with E-state index in [9.17, 15) is 9.59 Å². The number of aromatic amines is 1. The van der Waals surface area contributed by atoms with E-state index in [1.165, 1.54) is 11.1 Å². The first kappa shape index (κ1) is 25.9. The van der Waals surface area contributed by atoms with E-state index in [2.05, 4.69) is 34.5 Å². The molecule has 1 fully saturated rings. The van der Waals surface area contributed by atoms with Crippen molar-refractivity contribution in [3.8, 4) is 17.0 Å². The second-order valence-corrected chi connectivity index (χ2v) is 11.6. The third-order valence-corrected chi connectivity index (χ3v) is 7.50. The normalized spacial score (nSPS) is 17.7. The van der Waals surface area contributed by atoms with Crippen LogP contribution in [0, 0.1) is 0 Å². The van der Waals surface area contributed by atoms with Crippen LogP contribution >= 0.6 is 0 Å². The predicted molar refractivity (Wildman–Crippen MR) is 152 cm³/mol. The fourth-order valence-electron chi connectivity index (χ4n) is 5.71. The highest BCUT2D eigenvalue weighted by molar-refractivity contribution is 5.99. The van der Waals surface area contributed by atoms with E-state index in [-0.39, 0.29) is 29.6 Å². The van der Waals surface area contributed by atoms with Gasteiger partial charge in [0.25, 0.3) is 5.56 Å². The maximum atomic E-state index is 13.0. The minimum Gasteiger partial charge on any atom is -0.490 e. The number of nitrogens with one attached hydrogen (secondary N) is 1. The number of likely N-dealkylation sites (tertiary alicyclic amines) is 1. The molecule has 1 saturated heterocycles. The monoisotopic (exact) mass is 542 g/mol. The molecule has 0 spiro atoms. The molecule has 0 bridgehead atoms. The van der Waals surface area contributed by atoms with E-state index in [4.69, 9.17) is 20.3 Å². The molecule has 1 aliphatic heterocycles. The summed E-state index contributed by atoms with van der Waals surface area (Å²) in [5.74, 6) is 0.967. The lowest BCUT2D eigenvalue weighted by Gasteiger charge is -2.34. The molecule has 0 radical (unpaired) electrons. The lowest BCUT2D eigenvalue weighted by atomic mass is 10.1. The van der Waals surface area contributed by atoms with Gasteiger partial charge in [-0.05, 0) is 69.0 Å². The van der Waals surface area contributed by atoms with E-state index in [1.807, 2.05) is 45.0 Å². The summed E-state index contributed by atoms with van der Waals surface area (Å²) in [4.78, 5) is 27.5. The number of hydrogen-bond acceptors (Lipinski definition) is 7. The first-order valence-electron chi connectivity index (χ1n) is 13.7. The van der Waals surface area contributed by atoms with Crippen LogP contribution in [0.3, 0.4) is 0 Å². The van der Waals surface area contributed by atoms with Crippen LogP contribution in [-0.4, -0.2) is 55.8 Å². The Bertz CT molecular complexity index is 1590. The average Bonchev–Trinajstić information content (AvgIpc) is 3.53. The van der Waals surface area contributed by atoms with Crippen LogP contribution in [0.15, 0.2) is 53.3 Å². The van der Waals surface area contributed by atoms with Crippen molar-refractivity contribution in [2.75, 3.05) is 18.8 Å². The van der Waals surface area contributed by atoms with Crippen molar-refractivity contribution in [2.45, 2.75) is 64.2 Å². The van der Waals surface area contributed by atoms with Crippen molar-refractivity contribution in [3.05, 3.63) is 70.0 Å². The van der Waals surface area contributed by atoms with Crippen molar-refractivity contribution >= 4 is 22.8 Å². The Morgan fingerprint density at radius 1 is 1.07 bits per heavy atom. The van der Waals surface area contributed by atoms with Crippen molar-refractivity contribution in [2.24, 2.45) is 0 Å². The van der Waals surface area contributed by atoms with E-state index in [0.717, 1.165) is 37.0 Å². The summed E-state index contributed by atoms with van der Waals surface area (Å²) in [6.07, 6.45) is 3.02. The van der Waals surface area contributed by atoms with E-state index in [0.29, 0.717) is 29.7 Å². The first-order valence-corrected chi connectivity index (χ1v) is 13.7. The van der Waals surface area contributed by atoms with Gasteiger partial charge < -0.3 is 20.1 Å². The van der Waals surface area contributed by atoms with Crippen molar-refractivity contribution in [1.29, 1.82) is 0 Å². The van der Waals surface area contributed by atoms with Crippen LogP contribution in [-0.2, 0) is 17.6 Å². The molecule has 10 heteroatoms. The maximum Gasteiger partial charge on any atom is 0.410 e. The standard InChI is InChI=1S/C30H34N6O4/c1-30(2,3)40-29(38)35-14-6-9-21(17-35)36-26-24(27(31)32-33-28(26)37)25(34-36)18-10-12-22(13-11-18)39-23-15-19-7-4-5-8-20(19)16-23/h4-5,7-8,10-13,21,23H,6,9,14-17H2,1-3H3,(H2,31,32)(H,33,37). The summed E-state index contributed by atoms with van der Waals surface area (Å²) < 4.78 is 13.6. The Labute approximate surface area is 232 Å². The number of anilines is 1. The fourth-order valence-corrected chi connectivity index (χ4v) is 5.71. The number of amides is 1. The van der Waals surface area contributed by atoms with Gasteiger partial charge >= 0.3 is 6.09 Å². The van der Waals surface area contributed by atoms with E-state index >= 15 is 0 Å². The second-order valence-electron chi connectivity index (χ2n) is 11.6. The third-order valence-electron chi connectivity index (χ3n) is 7.50. The lowest BCUT2D eigenvalue weighted by molar-refractivity contribution is 0.0169. The van der Waals surface area contributed by atoms with Crippen molar-refractivity contribution in [3.63, 3.8) is 0 Å². The van der Waals surface area contributed by atoms with Crippen LogP contribution in [0.1, 0.15) is 50.8 Å². The second kappa shape index (κ2) is 10.0. The largest absolute Gasteiger partial charge is 0.490 e. The number of benzene rings is 2. The molecule has 3 heterocycles. The van der Waals surface area contributed by atoms with Gasteiger partial charge in [0.15, 0.2) is 5.82 Å². The van der Waals surface area contributed by atoms with Gasteiger partial charge in [0.05, 0.1) is 11.4 Å². The van der Waals surface area contributed by atoms with Crippen molar-refractivity contribution < 1.29 is 14.3 Å². The van der Waals surface area contributed by atoms with E-state index < -0.39 is 5.60 Å². The summed E-state index contributed by atoms with van der Waals surface area (Å²) in [5.41, 5.74) is 9.70. The molecule has 2 aromatic heterocycles. The SMILES string of the molecule is CC(C)(C)OC(=O)N1CCCC(n2nc(-c3ccc(OC4Cc5ccccc5C4)cc3)c3c(N)n[nH]c(=O)c32)C1. The minimum atomic E-state index is -0.593. The van der Waals surface area contributed by atoms with Crippen LogP contribution in [0.25, 0.3) is 22.2 Å². The Balaban J connectivity index is 1.28. The zero-order valence-corrected chi connectivity index (χ0v) is 23.0. The number of carbonyl (C=O) groups is 1. The van der Waals surface area contributed by atoms with Gasteiger partial charge in [-0.1, -0.05) is 24.3 Å². The lowest BCUT2D eigenvalue weighted by Crippen LogP contribution is -2.43. The highest BCUT2D eigenvalue weighted by atomic mass is 16.6. The number of rotatable bonds is 4. The molecule has 1 amide bonds.